The van der Waals surface area contributed by atoms with Gasteiger partial charge in [0, 0.05) is 5.69 Å². The SMILES string of the molecule is COc1ccc(NS(=O)(=O)c2cccc(C(=O)OCc3nc4ccccc4o3)c2)cc1. The number of hydrogen-bond acceptors (Lipinski definition) is 7. The minimum Gasteiger partial charge on any atom is -0.497 e. The Morgan fingerprint density at radius 3 is 2.55 bits per heavy atom. The van der Waals surface area contributed by atoms with E-state index in [0.29, 0.717) is 22.5 Å². The number of hydrogen-bond donors (Lipinski definition) is 1. The first-order valence-corrected chi connectivity index (χ1v) is 10.7. The number of oxazole rings is 1. The quantitative estimate of drug-likeness (QED) is 0.435. The van der Waals surface area contributed by atoms with Crippen molar-refractivity contribution in [3.63, 3.8) is 0 Å². The lowest BCUT2D eigenvalue weighted by Crippen LogP contribution is -2.14. The van der Waals surface area contributed by atoms with Crippen LogP contribution in [0.4, 0.5) is 5.69 Å². The summed E-state index contributed by atoms with van der Waals surface area (Å²) in [4.78, 5) is 16.6. The van der Waals surface area contributed by atoms with E-state index in [1.54, 1.807) is 36.4 Å². The van der Waals surface area contributed by atoms with Crippen LogP contribution in [0.3, 0.4) is 0 Å². The maximum Gasteiger partial charge on any atom is 0.338 e. The highest BCUT2D eigenvalue weighted by Gasteiger charge is 2.18. The maximum atomic E-state index is 12.7. The molecule has 0 radical (unpaired) electrons. The monoisotopic (exact) mass is 438 g/mol. The number of esters is 1. The summed E-state index contributed by atoms with van der Waals surface area (Å²) in [5.41, 5.74) is 1.70. The highest BCUT2D eigenvalue weighted by molar-refractivity contribution is 7.92. The van der Waals surface area contributed by atoms with Crippen LogP contribution in [0.2, 0.25) is 0 Å². The van der Waals surface area contributed by atoms with Crippen molar-refractivity contribution in [2.75, 3.05) is 11.8 Å². The van der Waals surface area contributed by atoms with E-state index in [1.807, 2.05) is 12.1 Å². The fourth-order valence-electron chi connectivity index (χ4n) is 2.86. The smallest absolute Gasteiger partial charge is 0.338 e. The van der Waals surface area contributed by atoms with E-state index in [4.69, 9.17) is 13.9 Å². The average Bonchev–Trinajstić information content (AvgIpc) is 3.21. The second-order valence-electron chi connectivity index (χ2n) is 6.51. The molecule has 1 N–H and O–H groups in total. The number of aromatic nitrogens is 1. The minimum absolute atomic E-state index is 0.0698. The third-order valence-corrected chi connectivity index (χ3v) is 5.77. The molecule has 9 heteroatoms. The molecule has 0 aliphatic carbocycles. The van der Waals surface area contributed by atoms with Gasteiger partial charge >= 0.3 is 5.97 Å². The number of para-hydroxylation sites is 2. The van der Waals surface area contributed by atoms with E-state index in [0.717, 1.165) is 0 Å². The number of carbonyl (C=O) groups is 1. The number of fused-ring (bicyclic) bond motifs is 1. The van der Waals surface area contributed by atoms with Crippen molar-refractivity contribution < 1.29 is 27.1 Å². The number of ether oxygens (including phenoxy) is 2. The number of anilines is 1. The predicted molar refractivity (Wildman–Crippen MR) is 113 cm³/mol. The van der Waals surface area contributed by atoms with Crippen molar-refractivity contribution in [3.8, 4) is 5.75 Å². The van der Waals surface area contributed by atoms with Gasteiger partial charge in [-0.3, -0.25) is 4.72 Å². The summed E-state index contributed by atoms with van der Waals surface area (Å²) in [5, 5.41) is 0. The van der Waals surface area contributed by atoms with Crippen molar-refractivity contribution in [2.24, 2.45) is 0 Å². The number of nitrogens with zero attached hydrogens (tertiary/aromatic N) is 1. The van der Waals surface area contributed by atoms with Crippen molar-refractivity contribution in [1.29, 1.82) is 0 Å². The fraction of sp³-hybridized carbons (Fsp3) is 0.0909. The molecule has 0 atom stereocenters. The molecule has 0 unspecified atom stereocenters. The molecule has 4 rings (SSSR count). The Labute approximate surface area is 178 Å². The number of nitrogens with one attached hydrogen (secondary N) is 1. The Bertz CT molecular complexity index is 1300. The largest absolute Gasteiger partial charge is 0.497 e. The van der Waals surface area contributed by atoms with Gasteiger partial charge in [0.25, 0.3) is 10.0 Å². The molecule has 31 heavy (non-hydrogen) atoms. The van der Waals surface area contributed by atoms with Gasteiger partial charge in [-0.1, -0.05) is 18.2 Å². The van der Waals surface area contributed by atoms with Crippen LogP contribution in [0.15, 0.2) is 82.1 Å². The molecule has 0 bridgehead atoms. The number of benzene rings is 3. The summed E-state index contributed by atoms with van der Waals surface area (Å²) in [6, 6.07) is 19.2. The summed E-state index contributed by atoms with van der Waals surface area (Å²) >= 11 is 0. The normalized spacial score (nSPS) is 11.3. The van der Waals surface area contributed by atoms with Gasteiger partial charge in [-0.25, -0.2) is 18.2 Å². The Kier molecular flexibility index (Phi) is 5.59. The third kappa shape index (κ3) is 4.67. The van der Waals surface area contributed by atoms with Crippen LogP contribution < -0.4 is 9.46 Å². The fourth-order valence-corrected chi connectivity index (χ4v) is 3.96. The molecule has 1 aromatic heterocycles. The second kappa shape index (κ2) is 8.49. The number of methoxy groups -OCH3 is 1. The molecular weight excluding hydrogens is 420 g/mol. The summed E-state index contributed by atoms with van der Waals surface area (Å²) in [7, 11) is -2.38. The summed E-state index contributed by atoms with van der Waals surface area (Å²) < 4.78 is 43.6. The number of rotatable bonds is 7. The topological polar surface area (TPSA) is 108 Å². The zero-order valence-electron chi connectivity index (χ0n) is 16.4. The van der Waals surface area contributed by atoms with E-state index in [1.165, 1.54) is 31.4 Å². The van der Waals surface area contributed by atoms with Crippen molar-refractivity contribution in [3.05, 3.63) is 84.3 Å². The summed E-state index contributed by atoms with van der Waals surface area (Å²) in [6.07, 6.45) is 0. The molecule has 4 aromatic rings. The highest BCUT2D eigenvalue weighted by atomic mass is 32.2. The Morgan fingerprint density at radius 1 is 1.03 bits per heavy atom. The molecular formula is C22H18N2O6S. The molecule has 0 fully saturated rings. The molecule has 0 aliphatic heterocycles. The van der Waals surface area contributed by atoms with E-state index in [2.05, 4.69) is 9.71 Å². The molecule has 3 aromatic carbocycles. The number of carbonyl (C=O) groups excluding carboxylic acids is 1. The lowest BCUT2D eigenvalue weighted by atomic mass is 10.2. The van der Waals surface area contributed by atoms with Crippen LogP contribution in [-0.4, -0.2) is 26.5 Å². The van der Waals surface area contributed by atoms with Gasteiger partial charge in [-0.05, 0) is 54.6 Å². The molecule has 0 spiro atoms. The Hall–Kier alpha value is -3.85. The van der Waals surface area contributed by atoms with Gasteiger partial charge in [0.1, 0.15) is 11.3 Å². The van der Waals surface area contributed by atoms with Crippen LogP contribution in [0, 0.1) is 0 Å². The zero-order valence-corrected chi connectivity index (χ0v) is 17.3. The number of sulfonamides is 1. The maximum absolute atomic E-state index is 12.7. The van der Waals surface area contributed by atoms with Gasteiger partial charge in [-0.15, -0.1) is 0 Å². The molecule has 8 nitrogen and oxygen atoms in total. The van der Waals surface area contributed by atoms with Crippen LogP contribution in [-0.2, 0) is 21.4 Å². The van der Waals surface area contributed by atoms with Gasteiger partial charge < -0.3 is 13.9 Å². The molecule has 0 saturated carbocycles. The third-order valence-electron chi connectivity index (χ3n) is 4.39. The lowest BCUT2D eigenvalue weighted by molar-refractivity contribution is 0.0440. The van der Waals surface area contributed by atoms with Crippen LogP contribution in [0.1, 0.15) is 16.2 Å². The van der Waals surface area contributed by atoms with E-state index < -0.39 is 16.0 Å². The Balaban J connectivity index is 1.46. The summed E-state index contributed by atoms with van der Waals surface area (Å²) in [6.45, 7) is -0.172. The lowest BCUT2D eigenvalue weighted by Gasteiger charge is -2.10. The van der Waals surface area contributed by atoms with E-state index >= 15 is 0 Å². The first kappa shape index (κ1) is 20.4. The molecule has 1 heterocycles. The van der Waals surface area contributed by atoms with Gasteiger partial charge in [-0.2, -0.15) is 0 Å². The first-order valence-electron chi connectivity index (χ1n) is 9.23. The van der Waals surface area contributed by atoms with Gasteiger partial charge in [0.2, 0.25) is 5.89 Å². The van der Waals surface area contributed by atoms with Crippen LogP contribution in [0.5, 0.6) is 5.75 Å². The van der Waals surface area contributed by atoms with Crippen molar-refractivity contribution in [1.82, 2.24) is 4.98 Å². The minimum atomic E-state index is -3.90. The standard InChI is InChI=1S/C22H18N2O6S/c1-28-17-11-9-16(10-12-17)24-31(26,27)18-6-4-5-15(13-18)22(25)29-14-21-23-19-7-2-3-8-20(19)30-21/h2-13,24H,14H2,1H3. The molecule has 0 saturated heterocycles. The first-order chi connectivity index (χ1) is 14.9. The molecule has 0 amide bonds. The zero-order chi connectivity index (χ0) is 21.8. The average molecular weight is 438 g/mol. The van der Waals surface area contributed by atoms with Crippen LogP contribution >= 0.6 is 0 Å². The summed E-state index contributed by atoms with van der Waals surface area (Å²) in [5.74, 6) is 0.162. The van der Waals surface area contributed by atoms with Crippen LogP contribution in [0.25, 0.3) is 11.1 Å². The predicted octanol–water partition coefficient (Wildman–Crippen LogP) is 3.99. The highest BCUT2D eigenvalue weighted by Crippen LogP contribution is 2.21. The van der Waals surface area contributed by atoms with E-state index in [-0.39, 0.29) is 23.0 Å². The van der Waals surface area contributed by atoms with Gasteiger partial charge in [0.05, 0.1) is 17.6 Å². The van der Waals surface area contributed by atoms with Crippen molar-refractivity contribution >= 4 is 32.8 Å². The Morgan fingerprint density at radius 2 is 1.81 bits per heavy atom. The second-order valence-corrected chi connectivity index (χ2v) is 8.20. The molecule has 0 aliphatic rings. The van der Waals surface area contributed by atoms with Gasteiger partial charge in [0.15, 0.2) is 12.2 Å². The van der Waals surface area contributed by atoms with Crippen molar-refractivity contribution in [2.45, 2.75) is 11.5 Å². The van der Waals surface area contributed by atoms with E-state index in [9.17, 15) is 13.2 Å². The molecule has 158 valence electrons.